The van der Waals surface area contributed by atoms with E-state index in [1.54, 1.807) is 24.8 Å². The fraction of sp³-hybridized carbons (Fsp3) is 0.227. The SMILES string of the molecule is NC(=O)C(CCc1ccncc1)(NCCc1ccncc1)c1ccccc1Br. The van der Waals surface area contributed by atoms with E-state index in [1.165, 1.54) is 0 Å². The first-order chi connectivity index (χ1) is 13.6. The summed E-state index contributed by atoms with van der Waals surface area (Å²) in [7, 11) is 0. The van der Waals surface area contributed by atoms with Gasteiger partial charge in [-0.15, -0.1) is 0 Å². The highest BCUT2D eigenvalue weighted by atomic mass is 79.9. The third kappa shape index (κ3) is 4.82. The number of carbonyl (C=O) groups is 1. The molecule has 144 valence electrons. The van der Waals surface area contributed by atoms with Crippen molar-refractivity contribution in [1.29, 1.82) is 0 Å². The number of carbonyl (C=O) groups excluding carboxylic acids is 1. The van der Waals surface area contributed by atoms with Crippen LogP contribution in [0.15, 0.2) is 77.8 Å². The molecule has 0 aliphatic carbocycles. The predicted octanol–water partition coefficient (Wildman–Crippen LogP) is 3.38. The van der Waals surface area contributed by atoms with Crippen LogP contribution < -0.4 is 11.1 Å². The third-order valence-electron chi connectivity index (χ3n) is 4.88. The first kappa shape index (κ1) is 20.2. The van der Waals surface area contributed by atoms with Gasteiger partial charge in [0.1, 0.15) is 5.54 Å². The van der Waals surface area contributed by atoms with Crippen LogP contribution in [0, 0.1) is 0 Å². The van der Waals surface area contributed by atoms with Gasteiger partial charge < -0.3 is 5.73 Å². The highest BCUT2D eigenvalue weighted by molar-refractivity contribution is 9.10. The number of primary amides is 1. The van der Waals surface area contributed by atoms with Gasteiger partial charge in [-0.05, 0) is 66.3 Å². The quantitative estimate of drug-likeness (QED) is 0.536. The number of pyridine rings is 2. The highest BCUT2D eigenvalue weighted by Crippen LogP contribution is 2.32. The molecule has 1 unspecified atom stereocenters. The lowest BCUT2D eigenvalue weighted by molar-refractivity contribution is -0.125. The summed E-state index contributed by atoms with van der Waals surface area (Å²) in [5.41, 5.74) is 8.12. The normalized spacial score (nSPS) is 13.0. The molecule has 1 atom stereocenters. The molecule has 0 fully saturated rings. The fourth-order valence-electron chi connectivity index (χ4n) is 3.32. The second-order valence-electron chi connectivity index (χ2n) is 6.64. The van der Waals surface area contributed by atoms with Gasteiger partial charge in [0.25, 0.3) is 0 Å². The van der Waals surface area contributed by atoms with Crippen molar-refractivity contribution in [3.63, 3.8) is 0 Å². The van der Waals surface area contributed by atoms with E-state index < -0.39 is 5.54 Å². The maximum atomic E-state index is 12.8. The molecule has 3 N–H and O–H groups in total. The first-order valence-corrected chi connectivity index (χ1v) is 9.99. The number of nitrogens with two attached hydrogens (primary N) is 1. The van der Waals surface area contributed by atoms with Crippen LogP contribution in [-0.2, 0) is 23.2 Å². The summed E-state index contributed by atoms with van der Waals surface area (Å²) in [4.78, 5) is 20.9. The molecule has 0 bridgehead atoms. The van der Waals surface area contributed by atoms with Gasteiger partial charge in [-0.1, -0.05) is 34.1 Å². The average molecular weight is 439 g/mol. The number of hydrogen-bond acceptors (Lipinski definition) is 4. The van der Waals surface area contributed by atoms with E-state index in [9.17, 15) is 4.79 Å². The second kappa shape index (κ2) is 9.57. The molecule has 5 nitrogen and oxygen atoms in total. The molecule has 1 aromatic carbocycles. The van der Waals surface area contributed by atoms with Crippen LogP contribution in [0.1, 0.15) is 23.1 Å². The van der Waals surface area contributed by atoms with Crippen LogP contribution in [0.5, 0.6) is 0 Å². The van der Waals surface area contributed by atoms with E-state index in [2.05, 4.69) is 31.2 Å². The number of hydrogen-bond donors (Lipinski definition) is 2. The molecule has 3 aromatic rings. The molecule has 2 heterocycles. The van der Waals surface area contributed by atoms with Gasteiger partial charge in [-0.2, -0.15) is 0 Å². The largest absolute Gasteiger partial charge is 0.368 e. The van der Waals surface area contributed by atoms with Crippen molar-refractivity contribution in [1.82, 2.24) is 15.3 Å². The minimum atomic E-state index is -0.976. The zero-order valence-electron chi connectivity index (χ0n) is 15.5. The number of halogens is 1. The second-order valence-corrected chi connectivity index (χ2v) is 7.49. The number of nitrogens with zero attached hydrogens (tertiary/aromatic N) is 2. The lowest BCUT2D eigenvalue weighted by atomic mass is 9.83. The van der Waals surface area contributed by atoms with E-state index in [1.807, 2.05) is 48.5 Å². The van der Waals surface area contributed by atoms with Gasteiger partial charge in [0, 0.05) is 35.8 Å². The molecule has 2 aromatic heterocycles. The Morgan fingerprint density at radius 1 is 0.929 bits per heavy atom. The monoisotopic (exact) mass is 438 g/mol. The Morgan fingerprint density at radius 3 is 2.07 bits per heavy atom. The number of aromatic nitrogens is 2. The van der Waals surface area contributed by atoms with Gasteiger partial charge in [-0.25, -0.2) is 0 Å². The van der Waals surface area contributed by atoms with E-state index in [-0.39, 0.29) is 5.91 Å². The van der Waals surface area contributed by atoms with Crippen molar-refractivity contribution >= 4 is 21.8 Å². The van der Waals surface area contributed by atoms with Crippen molar-refractivity contribution in [3.8, 4) is 0 Å². The molecule has 0 aliphatic rings. The smallest absolute Gasteiger partial charge is 0.242 e. The molecule has 0 saturated heterocycles. The van der Waals surface area contributed by atoms with Crippen LogP contribution in [0.4, 0.5) is 0 Å². The molecule has 0 aliphatic heterocycles. The van der Waals surface area contributed by atoms with Gasteiger partial charge in [0.05, 0.1) is 0 Å². The van der Waals surface area contributed by atoms with Gasteiger partial charge in [0.2, 0.25) is 5.91 Å². The summed E-state index contributed by atoms with van der Waals surface area (Å²) in [6.45, 7) is 0.616. The maximum absolute atomic E-state index is 12.8. The molecule has 6 heteroatoms. The van der Waals surface area contributed by atoms with E-state index in [4.69, 9.17) is 5.73 Å². The Kier molecular flexibility index (Phi) is 6.90. The minimum Gasteiger partial charge on any atom is -0.368 e. The van der Waals surface area contributed by atoms with Crippen molar-refractivity contribution in [2.24, 2.45) is 5.73 Å². The molecule has 3 rings (SSSR count). The number of nitrogens with one attached hydrogen (secondary N) is 1. The third-order valence-corrected chi connectivity index (χ3v) is 5.57. The van der Waals surface area contributed by atoms with E-state index >= 15 is 0 Å². The summed E-state index contributed by atoms with van der Waals surface area (Å²) in [5.74, 6) is -0.386. The van der Waals surface area contributed by atoms with Crippen molar-refractivity contribution in [3.05, 3.63) is 94.5 Å². The molecule has 0 saturated carbocycles. The van der Waals surface area contributed by atoms with Crippen LogP contribution >= 0.6 is 15.9 Å². The summed E-state index contributed by atoms with van der Waals surface area (Å²) in [6, 6.07) is 15.6. The zero-order chi connectivity index (χ0) is 19.8. The number of amides is 1. The van der Waals surface area contributed by atoms with Crippen LogP contribution in [0.2, 0.25) is 0 Å². The predicted molar refractivity (Wildman–Crippen MR) is 114 cm³/mol. The van der Waals surface area contributed by atoms with Crippen molar-refractivity contribution in [2.45, 2.75) is 24.8 Å². The molecule has 28 heavy (non-hydrogen) atoms. The highest BCUT2D eigenvalue weighted by Gasteiger charge is 2.39. The lowest BCUT2D eigenvalue weighted by Crippen LogP contribution is -2.53. The number of aryl methyl sites for hydroxylation is 1. The fourth-order valence-corrected chi connectivity index (χ4v) is 3.94. The Hall–Kier alpha value is -2.57. The lowest BCUT2D eigenvalue weighted by Gasteiger charge is -2.33. The van der Waals surface area contributed by atoms with Crippen molar-refractivity contribution in [2.75, 3.05) is 6.54 Å². The Bertz CT molecular complexity index is 905. The standard InChI is InChI=1S/C22H23BrN4O/c23-20-4-2-1-3-19(20)22(21(24)28,11-5-17-6-12-25-13-7-17)27-16-10-18-8-14-26-15-9-18/h1-4,6-9,12-15,27H,5,10-11,16H2,(H2,24,28). The summed E-state index contributed by atoms with van der Waals surface area (Å²) >= 11 is 3.60. The van der Waals surface area contributed by atoms with Crippen LogP contribution in [0.3, 0.4) is 0 Å². The Labute approximate surface area is 173 Å². The number of rotatable bonds is 9. The summed E-state index contributed by atoms with van der Waals surface area (Å²) in [5, 5.41) is 3.47. The number of benzene rings is 1. The Morgan fingerprint density at radius 2 is 1.50 bits per heavy atom. The maximum Gasteiger partial charge on any atom is 0.242 e. The van der Waals surface area contributed by atoms with Gasteiger partial charge >= 0.3 is 0 Å². The van der Waals surface area contributed by atoms with Crippen molar-refractivity contribution < 1.29 is 4.79 Å². The summed E-state index contributed by atoms with van der Waals surface area (Å²) < 4.78 is 0.861. The van der Waals surface area contributed by atoms with E-state index in [0.29, 0.717) is 19.4 Å². The topological polar surface area (TPSA) is 80.9 Å². The first-order valence-electron chi connectivity index (χ1n) is 9.19. The van der Waals surface area contributed by atoms with Gasteiger partial charge in [0.15, 0.2) is 0 Å². The van der Waals surface area contributed by atoms with Crippen LogP contribution in [-0.4, -0.2) is 22.4 Å². The Balaban J connectivity index is 1.86. The molecule has 0 radical (unpaired) electrons. The molecule has 1 amide bonds. The molecule has 0 spiro atoms. The summed E-state index contributed by atoms with van der Waals surface area (Å²) in [6.07, 6.45) is 9.09. The van der Waals surface area contributed by atoms with E-state index in [0.717, 1.165) is 27.6 Å². The van der Waals surface area contributed by atoms with Gasteiger partial charge in [-0.3, -0.25) is 20.1 Å². The minimum absolute atomic E-state index is 0.386. The average Bonchev–Trinajstić information content (AvgIpc) is 2.72. The zero-order valence-corrected chi connectivity index (χ0v) is 17.1. The molecular weight excluding hydrogens is 416 g/mol. The van der Waals surface area contributed by atoms with Crippen LogP contribution in [0.25, 0.3) is 0 Å². The molecular formula is C22H23BrN4O.